The molecule has 0 spiro atoms. The van der Waals surface area contributed by atoms with Gasteiger partial charge in [0.15, 0.2) is 0 Å². The molecule has 2 saturated carbocycles. The van der Waals surface area contributed by atoms with Crippen LogP contribution in [0.4, 0.5) is 5.69 Å². The number of pyridine rings is 1. The molecule has 0 bridgehead atoms. The lowest BCUT2D eigenvalue weighted by Gasteiger charge is -2.40. The van der Waals surface area contributed by atoms with Gasteiger partial charge in [-0.2, -0.15) is 0 Å². The lowest BCUT2D eigenvalue weighted by Crippen LogP contribution is -2.52. The zero-order chi connectivity index (χ0) is 25.0. The van der Waals surface area contributed by atoms with Crippen LogP contribution in [-0.2, 0) is 20.0 Å². The second kappa shape index (κ2) is 8.63. The summed E-state index contributed by atoms with van der Waals surface area (Å²) in [5, 5.41) is 0.391. The summed E-state index contributed by atoms with van der Waals surface area (Å²) in [5.41, 5.74) is 7.62. The van der Waals surface area contributed by atoms with Gasteiger partial charge < -0.3 is 10.7 Å². The van der Waals surface area contributed by atoms with E-state index in [4.69, 9.17) is 5.73 Å². The summed E-state index contributed by atoms with van der Waals surface area (Å²) in [4.78, 5) is 7.42. The molecule has 35 heavy (non-hydrogen) atoms. The van der Waals surface area contributed by atoms with Gasteiger partial charge in [-0.1, -0.05) is 19.4 Å². The molecule has 9 nitrogen and oxygen atoms in total. The van der Waals surface area contributed by atoms with Crippen LogP contribution in [-0.4, -0.2) is 48.9 Å². The molecular weight excluding hydrogens is 486 g/mol. The van der Waals surface area contributed by atoms with E-state index in [1.165, 1.54) is 0 Å². The van der Waals surface area contributed by atoms with Crippen LogP contribution in [0.2, 0.25) is 0 Å². The number of H-pyrrole nitrogens is 1. The summed E-state index contributed by atoms with van der Waals surface area (Å²) in [6, 6.07) is 2.85. The summed E-state index contributed by atoms with van der Waals surface area (Å²) in [6.45, 7) is 3.73. The van der Waals surface area contributed by atoms with Crippen LogP contribution in [0.5, 0.6) is 0 Å². The van der Waals surface area contributed by atoms with Crippen molar-refractivity contribution in [1.82, 2.24) is 14.7 Å². The first-order valence-electron chi connectivity index (χ1n) is 12.2. The summed E-state index contributed by atoms with van der Waals surface area (Å²) in [7, 11) is -7.35. The number of nitrogens with two attached hydrogens (primary N) is 1. The molecule has 3 aliphatic carbocycles. The Morgan fingerprint density at radius 3 is 2.69 bits per heavy atom. The Balaban J connectivity index is 1.60. The molecule has 2 heterocycles. The van der Waals surface area contributed by atoms with E-state index >= 15 is 0 Å². The zero-order valence-corrected chi connectivity index (χ0v) is 21.6. The van der Waals surface area contributed by atoms with E-state index < -0.39 is 30.8 Å². The highest BCUT2D eigenvalue weighted by Gasteiger charge is 2.50. The molecule has 2 fully saturated rings. The molecule has 4 unspecified atom stereocenters. The van der Waals surface area contributed by atoms with E-state index in [2.05, 4.69) is 14.7 Å². The smallest absolute Gasteiger partial charge is 0.244 e. The zero-order valence-electron chi connectivity index (χ0n) is 20.0. The predicted molar refractivity (Wildman–Crippen MR) is 138 cm³/mol. The van der Waals surface area contributed by atoms with Crippen LogP contribution < -0.4 is 14.8 Å². The molecule has 3 aliphatic rings. The fraction of sp³-hybridized carbons (Fsp3) is 0.542. The van der Waals surface area contributed by atoms with E-state index in [1.807, 2.05) is 13.0 Å². The Morgan fingerprint density at radius 2 is 2.00 bits per heavy atom. The van der Waals surface area contributed by atoms with E-state index in [1.54, 1.807) is 47.9 Å². The molecule has 4 N–H and O–H groups in total. The van der Waals surface area contributed by atoms with Crippen LogP contribution in [0.15, 0.2) is 48.5 Å². The molecule has 4 atom stereocenters. The van der Waals surface area contributed by atoms with E-state index in [-0.39, 0.29) is 17.2 Å². The first kappa shape index (κ1) is 24.3. The van der Waals surface area contributed by atoms with Crippen molar-refractivity contribution in [1.29, 1.82) is 0 Å². The number of aromatic amines is 1. The summed E-state index contributed by atoms with van der Waals surface area (Å²) in [5.74, 6) is -0.0112. The molecule has 2 aromatic rings. The van der Waals surface area contributed by atoms with Gasteiger partial charge in [0.2, 0.25) is 20.0 Å². The quantitative estimate of drug-likeness (QED) is 0.490. The molecule has 0 radical (unpaired) electrons. The third-order valence-corrected chi connectivity index (χ3v) is 12.1. The SMILES string of the molecule is CCC1CC(NS(=O)(=O)C2CC2)CC1N(c1ccnc2[nH]ccc12)S(=O)(=O)C1(C)C=C(N)C=CC1. The van der Waals surface area contributed by atoms with Gasteiger partial charge >= 0.3 is 0 Å². The third-order valence-electron chi connectivity index (χ3n) is 7.61. The molecule has 0 amide bonds. The molecule has 0 aliphatic heterocycles. The lowest BCUT2D eigenvalue weighted by molar-refractivity contribution is 0.453. The molecule has 190 valence electrons. The van der Waals surface area contributed by atoms with Gasteiger partial charge in [-0.25, -0.2) is 26.5 Å². The van der Waals surface area contributed by atoms with Crippen LogP contribution in [0, 0.1) is 5.92 Å². The van der Waals surface area contributed by atoms with Gasteiger partial charge in [-0.05, 0) is 69.2 Å². The monoisotopic (exact) mass is 519 g/mol. The van der Waals surface area contributed by atoms with E-state index in [0.29, 0.717) is 54.5 Å². The normalized spacial score (nSPS) is 29.4. The van der Waals surface area contributed by atoms with Crippen molar-refractivity contribution in [2.24, 2.45) is 11.7 Å². The van der Waals surface area contributed by atoms with Crippen molar-refractivity contribution in [2.45, 2.75) is 74.5 Å². The average molecular weight is 520 g/mol. The van der Waals surface area contributed by atoms with Crippen molar-refractivity contribution in [3.05, 3.63) is 48.5 Å². The maximum absolute atomic E-state index is 14.5. The highest BCUT2D eigenvalue weighted by Crippen LogP contribution is 2.44. The number of allylic oxidation sites excluding steroid dienone is 2. The number of anilines is 1. The minimum Gasteiger partial charge on any atom is -0.399 e. The van der Waals surface area contributed by atoms with Gasteiger partial charge in [0.1, 0.15) is 10.4 Å². The highest BCUT2D eigenvalue weighted by molar-refractivity contribution is 7.94. The molecule has 0 aromatic carbocycles. The van der Waals surface area contributed by atoms with Crippen molar-refractivity contribution in [3.8, 4) is 0 Å². The molecule has 2 aromatic heterocycles. The summed E-state index contributed by atoms with van der Waals surface area (Å²) >= 11 is 0. The largest absolute Gasteiger partial charge is 0.399 e. The Hall–Kier alpha value is -2.37. The third kappa shape index (κ3) is 4.27. The summed E-state index contributed by atoms with van der Waals surface area (Å²) in [6.07, 6.45) is 11.9. The van der Waals surface area contributed by atoms with Gasteiger partial charge in [0.05, 0.1) is 10.9 Å². The molecular formula is C24H33N5O4S2. The Labute approximate surface area is 207 Å². The first-order chi connectivity index (χ1) is 16.6. The molecule has 11 heteroatoms. The molecule has 0 saturated heterocycles. The maximum Gasteiger partial charge on any atom is 0.244 e. The predicted octanol–water partition coefficient (Wildman–Crippen LogP) is 2.90. The Kier molecular flexibility index (Phi) is 6.00. The van der Waals surface area contributed by atoms with Gasteiger partial charge in [-0.3, -0.25) is 4.31 Å². The Morgan fingerprint density at radius 1 is 1.23 bits per heavy atom. The first-order valence-corrected chi connectivity index (χ1v) is 15.2. The second-order valence-corrected chi connectivity index (χ2v) is 14.5. The number of rotatable bonds is 8. The van der Waals surface area contributed by atoms with Gasteiger partial charge in [-0.15, -0.1) is 0 Å². The van der Waals surface area contributed by atoms with Gasteiger partial charge in [0.25, 0.3) is 0 Å². The number of hydrogen-bond donors (Lipinski definition) is 3. The number of nitrogens with zero attached hydrogens (tertiary/aromatic N) is 2. The van der Waals surface area contributed by atoms with E-state index in [9.17, 15) is 16.8 Å². The van der Waals surface area contributed by atoms with Crippen molar-refractivity contribution in [2.75, 3.05) is 4.31 Å². The number of sulfonamides is 2. The minimum absolute atomic E-state index is 0.0112. The maximum atomic E-state index is 14.5. The minimum atomic E-state index is -3.97. The van der Waals surface area contributed by atoms with Crippen molar-refractivity contribution in [3.63, 3.8) is 0 Å². The van der Waals surface area contributed by atoms with Crippen molar-refractivity contribution < 1.29 is 16.8 Å². The van der Waals surface area contributed by atoms with Crippen LogP contribution >= 0.6 is 0 Å². The topological polar surface area (TPSA) is 138 Å². The molecule has 5 rings (SSSR count). The fourth-order valence-corrected chi connectivity index (χ4v) is 9.23. The highest BCUT2D eigenvalue weighted by atomic mass is 32.2. The fourth-order valence-electron chi connectivity index (χ4n) is 5.55. The van der Waals surface area contributed by atoms with E-state index in [0.717, 1.165) is 6.42 Å². The standard InChI is InChI=1S/C24H33N5O4S2/c1-3-16-13-18(28-34(30,31)19-6-7-19)14-22(16)29(21-9-12-27-23-20(21)8-11-26-23)35(32,33)24(2)10-4-5-17(25)15-24/h4-5,8-9,11-12,15-16,18-19,22,28H,3,6-7,10,13-14,25H2,1-2H3,(H,26,27). The van der Waals surface area contributed by atoms with Crippen LogP contribution in [0.25, 0.3) is 11.0 Å². The number of fused-ring (bicyclic) bond motifs is 1. The Bertz CT molecular complexity index is 1390. The van der Waals surface area contributed by atoms with Crippen LogP contribution in [0.3, 0.4) is 0 Å². The average Bonchev–Trinajstić information content (AvgIpc) is 3.43. The number of aromatic nitrogens is 2. The van der Waals surface area contributed by atoms with Gasteiger partial charge in [0, 0.05) is 35.6 Å². The number of hydrogen-bond acceptors (Lipinski definition) is 6. The summed E-state index contributed by atoms with van der Waals surface area (Å²) < 4.78 is 57.6. The number of nitrogens with one attached hydrogen (secondary N) is 2. The lowest BCUT2D eigenvalue weighted by atomic mass is 10.00. The second-order valence-electron chi connectivity index (χ2n) is 10.2. The van der Waals surface area contributed by atoms with Crippen molar-refractivity contribution >= 4 is 36.8 Å². The van der Waals surface area contributed by atoms with Crippen LogP contribution in [0.1, 0.15) is 52.4 Å².